The molecule has 0 spiro atoms. The van der Waals surface area contributed by atoms with Gasteiger partial charge < -0.3 is 14.9 Å². The number of hydrogen-bond donors (Lipinski definition) is 2. The monoisotopic (exact) mass is 454 g/mol. The van der Waals surface area contributed by atoms with Gasteiger partial charge in [0.25, 0.3) is 0 Å². The van der Waals surface area contributed by atoms with Crippen molar-refractivity contribution in [3.63, 3.8) is 0 Å². The van der Waals surface area contributed by atoms with Crippen molar-refractivity contribution in [2.24, 2.45) is 0 Å². The first kappa shape index (κ1) is 18.8. The lowest BCUT2D eigenvalue weighted by atomic mass is 10.2. The minimum absolute atomic E-state index is 0.344. The zero-order valence-electron chi connectivity index (χ0n) is 13.8. The Hall–Kier alpha value is -2.03. The van der Waals surface area contributed by atoms with E-state index >= 15 is 0 Å². The lowest BCUT2D eigenvalue weighted by Crippen LogP contribution is -2.13. The van der Waals surface area contributed by atoms with Gasteiger partial charge in [-0.05, 0) is 51.9 Å². The van der Waals surface area contributed by atoms with Gasteiger partial charge in [-0.25, -0.2) is 4.68 Å². The van der Waals surface area contributed by atoms with Gasteiger partial charge in [0.05, 0.1) is 18.1 Å². The quantitative estimate of drug-likeness (QED) is 0.506. The van der Waals surface area contributed by atoms with Crippen LogP contribution in [-0.2, 0) is 13.2 Å². The van der Waals surface area contributed by atoms with E-state index < -0.39 is 0 Å². The van der Waals surface area contributed by atoms with E-state index in [9.17, 15) is 0 Å². The fourth-order valence-electron chi connectivity index (χ4n) is 2.32. The molecule has 3 aromatic rings. The number of nitrogens with one attached hydrogen (secondary N) is 2. The average molecular weight is 456 g/mol. The smallest absolute Gasteiger partial charge is 0.214 e. The van der Waals surface area contributed by atoms with Gasteiger partial charge in [-0.2, -0.15) is 5.10 Å². The highest BCUT2D eigenvalue weighted by Crippen LogP contribution is 2.37. The molecule has 6 nitrogen and oxygen atoms in total. The van der Waals surface area contributed by atoms with Crippen molar-refractivity contribution in [3.05, 3.63) is 68.1 Å². The molecular formula is C17H16BrClN4O2S. The van der Waals surface area contributed by atoms with E-state index in [1.807, 2.05) is 36.4 Å². The molecule has 0 amide bonds. The highest BCUT2D eigenvalue weighted by molar-refractivity contribution is 9.10. The van der Waals surface area contributed by atoms with Gasteiger partial charge in [0.2, 0.25) is 4.77 Å². The molecule has 3 rings (SSSR count). The Morgan fingerprint density at radius 3 is 2.85 bits per heavy atom. The summed E-state index contributed by atoms with van der Waals surface area (Å²) >= 11 is 14.8. The minimum Gasteiger partial charge on any atom is -0.493 e. The molecule has 9 heteroatoms. The van der Waals surface area contributed by atoms with Crippen molar-refractivity contribution in [3.8, 4) is 11.5 Å². The van der Waals surface area contributed by atoms with Crippen molar-refractivity contribution in [2.45, 2.75) is 13.2 Å². The fraction of sp³-hybridized carbons (Fsp3) is 0.176. The van der Waals surface area contributed by atoms with Gasteiger partial charge in [0.1, 0.15) is 12.9 Å². The number of aromatic amines is 1. The fourth-order valence-corrected chi connectivity index (χ4v) is 3.28. The highest BCUT2D eigenvalue weighted by Gasteiger charge is 2.13. The summed E-state index contributed by atoms with van der Waals surface area (Å²) in [4.78, 5) is 0. The molecule has 26 heavy (non-hydrogen) atoms. The van der Waals surface area contributed by atoms with Gasteiger partial charge >= 0.3 is 0 Å². The molecule has 0 unspecified atom stereocenters. The number of rotatable bonds is 7. The Labute approximate surface area is 169 Å². The van der Waals surface area contributed by atoms with E-state index in [1.165, 1.54) is 0 Å². The molecular weight excluding hydrogens is 440 g/mol. The molecule has 136 valence electrons. The number of halogens is 2. The second kappa shape index (κ2) is 8.57. The van der Waals surface area contributed by atoms with Crippen LogP contribution in [0.4, 0.5) is 0 Å². The first-order chi connectivity index (χ1) is 12.6. The van der Waals surface area contributed by atoms with Crippen LogP contribution in [0.25, 0.3) is 0 Å². The first-order valence-corrected chi connectivity index (χ1v) is 9.25. The molecule has 1 aromatic heterocycles. The molecule has 0 aliphatic rings. The summed E-state index contributed by atoms with van der Waals surface area (Å²) in [6.07, 6.45) is 1.58. The third-order valence-corrected chi connectivity index (χ3v) is 4.87. The van der Waals surface area contributed by atoms with Crippen LogP contribution in [0.3, 0.4) is 0 Å². The SMILES string of the molecule is COc1cc(CNn2cn[nH]c2=S)cc(Br)c1OCc1ccccc1Cl. The van der Waals surface area contributed by atoms with E-state index in [1.54, 1.807) is 18.1 Å². The van der Waals surface area contributed by atoms with E-state index in [-0.39, 0.29) is 0 Å². The number of ether oxygens (including phenoxy) is 2. The van der Waals surface area contributed by atoms with Crippen molar-refractivity contribution < 1.29 is 9.47 Å². The van der Waals surface area contributed by atoms with E-state index in [2.05, 4.69) is 31.6 Å². The van der Waals surface area contributed by atoms with Crippen LogP contribution in [0.15, 0.2) is 47.2 Å². The van der Waals surface area contributed by atoms with Crippen molar-refractivity contribution >= 4 is 39.7 Å². The normalized spacial score (nSPS) is 10.6. The van der Waals surface area contributed by atoms with Gasteiger partial charge in [0.15, 0.2) is 11.5 Å². The maximum atomic E-state index is 6.18. The highest BCUT2D eigenvalue weighted by atomic mass is 79.9. The third-order valence-electron chi connectivity index (χ3n) is 3.62. The van der Waals surface area contributed by atoms with E-state index in [0.717, 1.165) is 15.6 Å². The zero-order chi connectivity index (χ0) is 18.5. The maximum absolute atomic E-state index is 6.18. The van der Waals surface area contributed by atoms with Crippen molar-refractivity contribution in [1.29, 1.82) is 0 Å². The average Bonchev–Trinajstić information content (AvgIpc) is 3.04. The van der Waals surface area contributed by atoms with Crippen LogP contribution in [0.1, 0.15) is 11.1 Å². The predicted molar refractivity (Wildman–Crippen MR) is 107 cm³/mol. The lowest BCUT2D eigenvalue weighted by Gasteiger charge is -2.15. The first-order valence-electron chi connectivity index (χ1n) is 7.67. The molecule has 0 bridgehead atoms. The van der Waals surface area contributed by atoms with Crippen LogP contribution in [0, 0.1) is 4.77 Å². The van der Waals surface area contributed by atoms with Gasteiger partial charge in [-0.15, -0.1) is 0 Å². The lowest BCUT2D eigenvalue weighted by molar-refractivity contribution is 0.282. The van der Waals surface area contributed by atoms with Crippen LogP contribution < -0.4 is 14.9 Å². The van der Waals surface area contributed by atoms with Gasteiger partial charge in [-0.1, -0.05) is 29.8 Å². The Morgan fingerprint density at radius 1 is 1.35 bits per heavy atom. The van der Waals surface area contributed by atoms with Gasteiger partial charge in [0, 0.05) is 10.6 Å². The number of methoxy groups -OCH3 is 1. The molecule has 0 aliphatic carbocycles. The topological polar surface area (TPSA) is 64.1 Å². The minimum atomic E-state index is 0.344. The van der Waals surface area contributed by atoms with E-state index in [4.69, 9.17) is 33.3 Å². The standard InChI is InChI=1S/C17H16BrClN4O2S/c1-24-15-7-11(8-21-23-10-20-22-17(23)26)6-13(18)16(15)25-9-12-4-2-3-5-14(12)19/h2-7,10,21H,8-9H2,1H3,(H,22,26). The molecule has 0 fully saturated rings. The summed E-state index contributed by atoms with van der Waals surface area (Å²) in [5.74, 6) is 1.25. The summed E-state index contributed by atoms with van der Waals surface area (Å²) in [6, 6.07) is 11.4. The second-order valence-electron chi connectivity index (χ2n) is 5.36. The third kappa shape index (κ3) is 4.38. The van der Waals surface area contributed by atoms with Gasteiger partial charge in [-0.3, -0.25) is 5.10 Å². The molecule has 1 heterocycles. The molecule has 0 aliphatic heterocycles. The molecule has 0 saturated heterocycles. The van der Waals surface area contributed by atoms with Crippen molar-refractivity contribution in [1.82, 2.24) is 14.9 Å². The number of H-pyrrole nitrogens is 1. The number of hydrogen-bond acceptors (Lipinski definition) is 5. The summed E-state index contributed by atoms with van der Waals surface area (Å²) in [5, 5.41) is 7.22. The van der Waals surface area contributed by atoms with Crippen LogP contribution in [0.5, 0.6) is 11.5 Å². The Kier molecular flexibility index (Phi) is 6.18. The molecule has 0 atom stereocenters. The molecule has 0 saturated carbocycles. The second-order valence-corrected chi connectivity index (χ2v) is 7.00. The summed E-state index contributed by atoms with van der Waals surface area (Å²) in [5.41, 5.74) is 5.05. The van der Waals surface area contributed by atoms with Crippen LogP contribution in [-0.4, -0.2) is 22.0 Å². The molecule has 2 N–H and O–H groups in total. The largest absolute Gasteiger partial charge is 0.493 e. The van der Waals surface area contributed by atoms with Crippen LogP contribution >= 0.6 is 39.7 Å². The predicted octanol–water partition coefficient (Wildman–Crippen LogP) is 4.69. The maximum Gasteiger partial charge on any atom is 0.214 e. The molecule has 2 aromatic carbocycles. The zero-order valence-corrected chi connectivity index (χ0v) is 17.0. The Bertz CT molecular complexity index is 960. The summed E-state index contributed by atoms with van der Waals surface area (Å²) in [6.45, 7) is 0.879. The van der Waals surface area contributed by atoms with E-state index in [0.29, 0.717) is 34.4 Å². The Morgan fingerprint density at radius 2 is 2.15 bits per heavy atom. The van der Waals surface area contributed by atoms with Crippen LogP contribution in [0.2, 0.25) is 5.02 Å². The Balaban J connectivity index is 1.75. The summed E-state index contributed by atoms with van der Waals surface area (Å²) in [7, 11) is 1.60. The summed E-state index contributed by atoms with van der Waals surface area (Å²) < 4.78 is 14.3. The number of benzene rings is 2. The number of aromatic nitrogens is 3. The molecule has 0 radical (unpaired) electrons. The van der Waals surface area contributed by atoms with Crippen molar-refractivity contribution in [2.75, 3.05) is 12.5 Å². The number of nitrogens with zero attached hydrogens (tertiary/aromatic N) is 2.